The summed E-state index contributed by atoms with van der Waals surface area (Å²) >= 11 is 3.42. The molecule has 0 atom stereocenters. The van der Waals surface area contributed by atoms with Crippen LogP contribution >= 0.6 is 15.9 Å². The summed E-state index contributed by atoms with van der Waals surface area (Å²) in [6, 6.07) is 12.9. The van der Waals surface area contributed by atoms with Crippen molar-refractivity contribution in [3.63, 3.8) is 0 Å². The van der Waals surface area contributed by atoms with Gasteiger partial charge in [-0.3, -0.25) is 0 Å². The molecule has 0 N–H and O–H groups in total. The SMILES string of the molecule is CC1(C)OB(c2cc(Br)cc(OCc3ccccc3)c2F)OC1(C)C. The third kappa shape index (κ3) is 3.76. The van der Waals surface area contributed by atoms with Crippen molar-refractivity contribution in [2.24, 2.45) is 0 Å². The second-order valence-corrected chi connectivity index (χ2v) is 8.09. The van der Waals surface area contributed by atoms with Crippen molar-refractivity contribution >= 4 is 28.5 Å². The highest BCUT2D eigenvalue weighted by Gasteiger charge is 2.52. The Balaban J connectivity index is 1.86. The fourth-order valence-corrected chi connectivity index (χ4v) is 3.02. The number of ether oxygens (including phenoxy) is 1. The molecule has 0 unspecified atom stereocenters. The Morgan fingerprint density at radius 1 is 1.04 bits per heavy atom. The van der Waals surface area contributed by atoms with E-state index in [1.54, 1.807) is 12.1 Å². The van der Waals surface area contributed by atoms with E-state index in [2.05, 4.69) is 15.9 Å². The summed E-state index contributed by atoms with van der Waals surface area (Å²) in [5.41, 5.74) is 0.241. The predicted molar refractivity (Wildman–Crippen MR) is 101 cm³/mol. The van der Waals surface area contributed by atoms with Crippen LogP contribution in [0.5, 0.6) is 5.75 Å². The molecule has 0 radical (unpaired) electrons. The lowest BCUT2D eigenvalue weighted by Crippen LogP contribution is -2.41. The fourth-order valence-electron chi connectivity index (χ4n) is 2.57. The lowest BCUT2D eigenvalue weighted by atomic mass is 9.78. The summed E-state index contributed by atoms with van der Waals surface area (Å²) in [5.74, 6) is -0.291. The molecule has 6 heteroatoms. The van der Waals surface area contributed by atoms with Crippen LogP contribution < -0.4 is 10.2 Å². The van der Waals surface area contributed by atoms with Crippen molar-refractivity contribution in [1.82, 2.24) is 0 Å². The first-order valence-corrected chi connectivity index (χ1v) is 9.00. The molecule has 0 aromatic heterocycles. The first-order chi connectivity index (χ1) is 11.7. The Labute approximate surface area is 156 Å². The number of halogens is 2. The minimum atomic E-state index is -0.776. The van der Waals surface area contributed by atoms with Gasteiger partial charge < -0.3 is 14.0 Å². The third-order valence-corrected chi connectivity index (χ3v) is 5.23. The second-order valence-electron chi connectivity index (χ2n) is 7.17. The Hall–Kier alpha value is -1.37. The molecule has 1 aliphatic heterocycles. The maximum absolute atomic E-state index is 15.0. The van der Waals surface area contributed by atoms with Gasteiger partial charge in [0.15, 0.2) is 11.6 Å². The third-order valence-electron chi connectivity index (χ3n) is 4.78. The molecule has 1 saturated heterocycles. The van der Waals surface area contributed by atoms with Gasteiger partial charge >= 0.3 is 7.12 Å². The minimum Gasteiger partial charge on any atom is -0.486 e. The van der Waals surface area contributed by atoms with Crippen LogP contribution in [0.1, 0.15) is 33.3 Å². The maximum Gasteiger partial charge on any atom is 0.498 e. The van der Waals surface area contributed by atoms with E-state index in [-0.39, 0.29) is 12.4 Å². The number of hydrogen-bond donors (Lipinski definition) is 0. The minimum absolute atomic E-state index is 0.169. The highest BCUT2D eigenvalue weighted by atomic mass is 79.9. The molecule has 0 aliphatic carbocycles. The zero-order chi connectivity index (χ0) is 18.2. The predicted octanol–water partition coefficient (Wildman–Crippen LogP) is 4.47. The quantitative estimate of drug-likeness (QED) is 0.701. The van der Waals surface area contributed by atoms with Crippen molar-refractivity contribution in [2.75, 3.05) is 0 Å². The zero-order valence-electron chi connectivity index (χ0n) is 14.8. The molecule has 3 nitrogen and oxygen atoms in total. The maximum atomic E-state index is 15.0. The van der Waals surface area contributed by atoms with Crippen LogP contribution in [0.15, 0.2) is 46.9 Å². The van der Waals surface area contributed by atoms with Gasteiger partial charge in [-0.25, -0.2) is 4.39 Å². The van der Waals surface area contributed by atoms with Crippen molar-refractivity contribution < 1.29 is 18.4 Å². The summed E-state index contributed by atoms with van der Waals surface area (Å²) in [5, 5.41) is 0. The Bertz CT molecular complexity index is 749. The Morgan fingerprint density at radius 3 is 2.24 bits per heavy atom. The molecule has 1 aliphatic rings. The summed E-state index contributed by atoms with van der Waals surface area (Å²) in [4.78, 5) is 0. The number of benzene rings is 2. The van der Waals surface area contributed by atoms with E-state index < -0.39 is 24.1 Å². The molecule has 0 amide bonds. The van der Waals surface area contributed by atoms with Crippen LogP contribution in [-0.2, 0) is 15.9 Å². The molecular weight excluding hydrogens is 386 g/mol. The van der Waals surface area contributed by atoms with Crippen LogP contribution in [-0.4, -0.2) is 18.3 Å². The second kappa shape index (κ2) is 6.74. The largest absolute Gasteiger partial charge is 0.498 e. The first-order valence-electron chi connectivity index (χ1n) is 8.21. The van der Waals surface area contributed by atoms with Crippen LogP contribution in [0.25, 0.3) is 0 Å². The molecule has 1 heterocycles. The van der Waals surface area contributed by atoms with E-state index >= 15 is 4.39 Å². The van der Waals surface area contributed by atoms with Crippen molar-refractivity contribution in [3.05, 3.63) is 58.3 Å². The monoisotopic (exact) mass is 406 g/mol. The number of hydrogen-bond acceptors (Lipinski definition) is 3. The van der Waals surface area contributed by atoms with Gasteiger partial charge in [-0.1, -0.05) is 46.3 Å². The topological polar surface area (TPSA) is 27.7 Å². The Morgan fingerprint density at radius 2 is 1.64 bits per heavy atom. The van der Waals surface area contributed by atoms with E-state index in [1.165, 1.54) is 0 Å². The van der Waals surface area contributed by atoms with Gasteiger partial charge in [0.1, 0.15) is 6.61 Å². The van der Waals surface area contributed by atoms with Crippen LogP contribution in [0.4, 0.5) is 4.39 Å². The summed E-state index contributed by atoms with van der Waals surface area (Å²) in [6.45, 7) is 8.05. The highest BCUT2D eigenvalue weighted by molar-refractivity contribution is 9.10. The lowest BCUT2D eigenvalue weighted by Gasteiger charge is -2.32. The van der Waals surface area contributed by atoms with Gasteiger partial charge in [0.25, 0.3) is 0 Å². The van der Waals surface area contributed by atoms with E-state index in [0.29, 0.717) is 9.94 Å². The molecule has 25 heavy (non-hydrogen) atoms. The van der Waals surface area contributed by atoms with Crippen LogP contribution in [0.3, 0.4) is 0 Å². The average Bonchev–Trinajstić information content (AvgIpc) is 2.76. The van der Waals surface area contributed by atoms with Crippen molar-refractivity contribution in [2.45, 2.75) is 45.5 Å². The zero-order valence-corrected chi connectivity index (χ0v) is 16.4. The fraction of sp³-hybridized carbons (Fsp3) is 0.368. The molecule has 132 valence electrons. The van der Waals surface area contributed by atoms with Crippen molar-refractivity contribution in [1.29, 1.82) is 0 Å². The molecule has 3 rings (SSSR count). The van der Waals surface area contributed by atoms with E-state index in [9.17, 15) is 0 Å². The van der Waals surface area contributed by atoms with E-state index in [1.807, 2.05) is 58.0 Å². The van der Waals surface area contributed by atoms with Gasteiger partial charge in [-0.2, -0.15) is 0 Å². The normalized spacial score (nSPS) is 18.4. The molecule has 2 aromatic rings. The standard InChI is InChI=1S/C19H21BBrFO3/c1-18(2)19(3,4)25-20(24-18)15-10-14(21)11-16(17(15)22)23-12-13-8-6-5-7-9-13/h5-11H,12H2,1-4H3. The molecule has 0 bridgehead atoms. The van der Waals surface area contributed by atoms with Crippen LogP contribution in [0.2, 0.25) is 0 Å². The van der Waals surface area contributed by atoms with Gasteiger partial charge in [0.2, 0.25) is 0 Å². The lowest BCUT2D eigenvalue weighted by molar-refractivity contribution is 0.00578. The number of rotatable bonds is 4. The smallest absolute Gasteiger partial charge is 0.486 e. The Kier molecular flexibility index (Phi) is 4.97. The van der Waals surface area contributed by atoms with Gasteiger partial charge in [-0.15, -0.1) is 0 Å². The van der Waals surface area contributed by atoms with Gasteiger partial charge in [-0.05, 0) is 45.4 Å². The summed E-state index contributed by atoms with van der Waals surface area (Å²) in [6.07, 6.45) is 0. The van der Waals surface area contributed by atoms with E-state index in [4.69, 9.17) is 14.0 Å². The molecule has 0 spiro atoms. The average molecular weight is 407 g/mol. The molecule has 1 fully saturated rings. The van der Waals surface area contributed by atoms with Gasteiger partial charge in [0, 0.05) is 9.94 Å². The molecule has 0 saturated carbocycles. The molecule has 2 aromatic carbocycles. The molecular formula is C19H21BBrFO3. The van der Waals surface area contributed by atoms with E-state index in [0.717, 1.165) is 5.56 Å². The van der Waals surface area contributed by atoms with Gasteiger partial charge in [0.05, 0.1) is 11.2 Å². The summed E-state index contributed by atoms with van der Waals surface area (Å²) in [7, 11) is -0.776. The van der Waals surface area contributed by atoms with Crippen molar-refractivity contribution in [3.8, 4) is 5.75 Å². The highest BCUT2D eigenvalue weighted by Crippen LogP contribution is 2.37. The summed E-state index contributed by atoms with van der Waals surface area (Å²) < 4.78 is 33.3. The van der Waals surface area contributed by atoms with Crippen LogP contribution in [0, 0.1) is 5.82 Å². The first kappa shape index (κ1) is 18.4.